The fourth-order valence-corrected chi connectivity index (χ4v) is 6.81. The van der Waals surface area contributed by atoms with Crippen LogP contribution in [0.2, 0.25) is 0 Å². The zero-order chi connectivity index (χ0) is 25.7. The van der Waals surface area contributed by atoms with Gasteiger partial charge < -0.3 is 28.9 Å². The van der Waals surface area contributed by atoms with Crippen molar-refractivity contribution in [2.24, 2.45) is 13.0 Å². The molecule has 2 saturated heterocycles. The molecule has 0 radical (unpaired) electrons. The Kier molecular flexibility index (Phi) is 6.41. The third-order valence-corrected chi connectivity index (χ3v) is 9.06. The Bertz CT molecular complexity index is 1190. The fraction of sp³-hybridized carbons (Fsp3) is 0.643. The predicted octanol–water partition coefficient (Wildman–Crippen LogP) is 1.66. The molecule has 9 nitrogen and oxygen atoms in total. The van der Waals surface area contributed by atoms with Gasteiger partial charge in [0.25, 0.3) is 0 Å². The van der Waals surface area contributed by atoms with Gasteiger partial charge in [0.2, 0.25) is 11.8 Å². The Morgan fingerprint density at radius 2 is 1.86 bits per heavy atom. The largest absolute Gasteiger partial charge is 0.497 e. The minimum atomic E-state index is -0.413. The maximum atomic E-state index is 13.8. The van der Waals surface area contributed by atoms with E-state index >= 15 is 0 Å². The Morgan fingerprint density at radius 1 is 1.14 bits per heavy atom. The van der Waals surface area contributed by atoms with Gasteiger partial charge in [-0.3, -0.25) is 14.5 Å². The van der Waals surface area contributed by atoms with Gasteiger partial charge in [-0.2, -0.15) is 0 Å². The van der Waals surface area contributed by atoms with E-state index in [1.165, 1.54) is 5.56 Å². The van der Waals surface area contributed by atoms with Crippen LogP contribution in [0.15, 0.2) is 18.2 Å². The van der Waals surface area contributed by atoms with E-state index in [9.17, 15) is 14.7 Å². The van der Waals surface area contributed by atoms with Crippen molar-refractivity contribution in [1.29, 1.82) is 0 Å². The highest BCUT2D eigenvalue weighted by Crippen LogP contribution is 2.50. The number of carbonyl (C=O) groups is 2. The molecule has 1 aromatic heterocycles. The van der Waals surface area contributed by atoms with Crippen LogP contribution in [0.3, 0.4) is 0 Å². The lowest BCUT2D eigenvalue weighted by atomic mass is 9.68. The second kappa shape index (κ2) is 9.60. The summed E-state index contributed by atoms with van der Waals surface area (Å²) in [6, 6.07) is 5.74. The molecule has 1 saturated carbocycles. The molecular weight excluding hydrogens is 472 g/mol. The van der Waals surface area contributed by atoms with Crippen molar-refractivity contribution in [2.45, 2.75) is 37.1 Å². The number of ether oxygens (including phenoxy) is 2. The molecule has 1 spiro atoms. The van der Waals surface area contributed by atoms with E-state index in [2.05, 4.69) is 15.5 Å². The van der Waals surface area contributed by atoms with Crippen LogP contribution < -0.4 is 4.74 Å². The molecule has 3 fully saturated rings. The summed E-state index contributed by atoms with van der Waals surface area (Å²) in [4.78, 5) is 32.8. The highest BCUT2D eigenvalue weighted by atomic mass is 16.5. The lowest BCUT2D eigenvalue weighted by molar-refractivity contribution is -0.141. The van der Waals surface area contributed by atoms with Crippen molar-refractivity contribution in [3.63, 3.8) is 0 Å². The third-order valence-electron chi connectivity index (χ3n) is 9.06. The van der Waals surface area contributed by atoms with Crippen LogP contribution in [0.5, 0.6) is 5.75 Å². The molecule has 0 unspecified atom stereocenters. The molecule has 3 aliphatic heterocycles. The van der Waals surface area contributed by atoms with Crippen LogP contribution in [0, 0.1) is 5.92 Å². The zero-order valence-corrected chi connectivity index (χ0v) is 21.9. The SMILES string of the molecule is COc1ccc2c3c(n(C)c2c1)[C@@H](CO)N(C(=O)CN1CCOCC1)CC31CCN(C(=O)C2CC2)CC1. The number of aryl methyl sites for hydroxylation is 1. The lowest BCUT2D eigenvalue weighted by Crippen LogP contribution is -2.57. The van der Waals surface area contributed by atoms with Gasteiger partial charge in [0.05, 0.1) is 45.0 Å². The standard InChI is InChI=1S/C28H38N4O5/c1-29-22-15-20(36-2)5-6-21(22)25-26(29)23(17-33)32(24(34)16-30-11-13-37-14-12-30)18-28(25)7-9-31(10-8-28)27(35)19-3-4-19/h5-6,15,19,23,33H,3-4,7-14,16-18H2,1-2H3/t23-/m1/s1. The monoisotopic (exact) mass is 510 g/mol. The first-order valence-corrected chi connectivity index (χ1v) is 13.6. The second-order valence-electron chi connectivity index (χ2n) is 11.2. The van der Waals surface area contributed by atoms with Crippen molar-refractivity contribution in [1.82, 2.24) is 19.3 Å². The smallest absolute Gasteiger partial charge is 0.237 e. The van der Waals surface area contributed by atoms with E-state index in [0.29, 0.717) is 45.3 Å². The van der Waals surface area contributed by atoms with Gasteiger partial charge in [0, 0.05) is 68.3 Å². The van der Waals surface area contributed by atoms with Gasteiger partial charge >= 0.3 is 0 Å². The summed E-state index contributed by atoms with van der Waals surface area (Å²) in [7, 11) is 3.69. The Labute approximate surface area is 217 Å². The first-order chi connectivity index (χ1) is 18.0. The summed E-state index contributed by atoms with van der Waals surface area (Å²) >= 11 is 0. The van der Waals surface area contributed by atoms with E-state index < -0.39 is 6.04 Å². The molecule has 2 aromatic rings. The number of amides is 2. The van der Waals surface area contributed by atoms with E-state index in [1.54, 1.807) is 7.11 Å². The first kappa shape index (κ1) is 24.7. The maximum Gasteiger partial charge on any atom is 0.237 e. The molecule has 1 N–H and O–H groups in total. The van der Waals surface area contributed by atoms with Gasteiger partial charge in [-0.15, -0.1) is 0 Å². The number of aromatic nitrogens is 1. The number of nitrogens with zero attached hydrogens (tertiary/aromatic N) is 4. The number of carbonyl (C=O) groups excluding carboxylic acids is 2. The zero-order valence-electron chi connectivity index (χ0n) is 21.9. The molecule has 2 amide bonds. The third kappa shape index (κ3) is 4.21. The summed E-state index contributed by atoms with van der Waals surface area (Å²) in [5, 5.41) is 11.8. The van der Waals surface area contributed by atoms with Crippen LogP contribution in [-0.4, -0.2) is 102 Å². The van der Waals surface area contributed by atoms with Crippen LogP contribution >= 0.6 is 0 Å². The molecule has 1 aliphatic carbocycles. The normalized spacial score (nSPS) is 23.9. The molecule has 4 heterocycles. The average molecular weight is 511 g/mol. The number of rotatable bonds is 5. The molecule has 4 aliphatic rings. The van der Waals surface area contributed by atoms with Gasteiger partial charge in [-0.25, -0.2) is 0 Å². The van der Waals surface area contributed by atoms with E-state index in [4.69, 9.17) is 9.47 Å². The average Bonchev–Trinajstić information content (AvgIpc) is 3.74. The van der Waals surface area contributed by atoms with E-state index in [1.807, 2.05) is 29.0 Å². The number of likely N-dealkylation sites (tertiary alicyclic amines) is 1. The Balaban J connectivity index is 1.40. The fourth-order valence-electron chi connectivity index (χ4n) is 6.81. The maximum absolute atomic E-state index is 13.8. The minimum absolute atomic E-state index is 0.0466. The number of piperidine rings is 1. The predicted molar refractivity (Wildman–Crippen MR) is 138 cm³/mol. The molecule has 37 heavy (non-hydrogen) atoms. The van der Waals surface area contributed by atoms with Gasteiger partial charge in [0.1, 0.15) is 5.75 Å². The highest BCUT2D eigenvalue weighted by Gasteiger charge is 2.50. The highest BCUT2D eigenvalue weighted by molar-refractivity contribution is 5.90. The number of hydrogen-bond acceptors (Lipinski definition) is 6. The molecule has 200 valence electrons. The van der Waals surface area contributed by atoms with E-state index in [0.717, 1.165) is 61.1 Å². The molecule has 1 atom stereocenters. The lowest BCUT2D eigenvalue weighted by Gasteiger charge is -2.51. The van der Waals surface area contributed by atoms with Crippen LogP contribution in [-0.2, 0) is 26.8 Å². The van der Waals surface area contributed by atoms with Crippen molar-refractivity contribution in [3.05, 3.63) is 29.5 Å². The second-order valence-corrected chi connectivity index (χ2v) is 11.2. The Morgan fingerprint density at radius 3 is 2.51 bits per heavy atom. The van der Waals surface area contributed by atoms with Crippen LogP contribution in [0.25, 0.3) is 10.9 Å². The summed E-state index contributed by atoms with van der Waals surface area (Å²) in [5.74, 6) is 1.34. The van der Waals surface area contributed by atoms with Crippen molar-refractivity contribution in [2.75, 3.05) is 66.2 Å². The van der Waals surface area contributed by atoms with Crippen molar-refractivity contribution < 1.29 is 24.2 Å². The molecule has 0 bridgehead atoms. The number of aliphatic hydroxyl groups excluding tert-OH is 1. The van der Waals surface area contributed by atoms with Crippen LogP contribution in [0.4, 0.5) is 0 Å². The molecule has 9 heteroatoms. The summed E-state index contributed by atoms with van der Waals surface area (Å²) in [6.07, 6.45) is 3.64. The summed E-state index contributed by atoms with van der Waals surface area (Å²) in [6.45, 7) is 4.93. The van der Waals surface area contributed by atoms with E-state index in [-0.39, 0.29) is 23.8 Å². The number of methoxy groups -OCH3 is 1. The molecule has 1 aromatic carbocycles. The minimum Gasteiger partial charge on any atom is -0.497 e. The number of aliphatic hydroxyl groups is 1. The van der Waals surface area contributed by atoms with Crippen LogP contribution in [0.1, 0.15) is 43.0 Å². The quantitative estimate of drug-likeness (QED) is 0.659. The number of morpholine rings is 1. The first-order valence-electron chi connectivity index (χ1n) is 13.6. The van der Waals surface area contributed by atoms with Gasteiger partial charge in [-0.05, 0) is 43.4 Å². The number of hydrogen-bond donors (Lipinski definition) is 1. The molecular formula is C28H38N4O5. The van der Waals surface area contributed by atoms with Crippen molar-refractivity contribution in [3.8, 4) is 5.75 Å². The van der Waals surface area contributed by atoms with Gasteiger partial charge in [0.15, 0.2) is 0 Å². The van der Waals surface area contributed by atoms with Gasteiger partial charge in [-0.1, -0.05) is 0 Å². The number of benzene rings is 1. The molecule has 6 rings (SSSR count). The summed E-state index contributed by atoms with van der Waals surface area (Å²) < 4.78 is 13.1. The summed E-state index contributed by atoms with van der Waals surface area (Å²) in [5.41, 5.74) is 3.02. The van der Waals surface area contributed by atoms with Crippen molar-refractivity contribution >= 4 is 22.7 Å². The topological polar surface area (TPSA) is 87.5 Å². The number of fused-ring (bicyclic) bond motifs is 4. The Hall–Kier alpha value is -2.62.